The highest BCUT2D eigenvalue weighted by molar-refractivity contribution is 7.93. The molecule has 124 valence electrons. The van der Waals surface area contributed by atoms with E-state index in [-0.39, 0.29) is 4.90 Å². The number of benzene rings is 1. The molecule has 0 amide bonds. The lowest BCUT2D eigenvalue weighted by atomic mass is 10.1. The molecule has 1 unspecified atom stereocenters. The Bertz CT molecular complexity index is 816. The molecule has 1 aliphatic rings. The quantitative estimate of drug-likeness (QED) is 0.815. The van der Waals surface area contributed by atoms with Crippen molar-refractivity contribution in [3.63, 3.8) is 0 Å². The number of aliphatic hydroxyl groups is 1. The number of nitrogens with zero attached hydrogens (tertiary/aromatic N) is 1. The van der Waals surface area contributed by atoms with Crippen molar-refractivity contribution >= 4 is 38.1 Å². The Kier molecular flexibility index (Phi) is 4.64. The fraction of sp³-hybridized carbons (Fsp3) is 0.400. The normalized spacial score (nSPS) is 16.3. The molecule has 1 aliphatic carbocycles. The molecule has 1 aromatic carbocycles. The van der Waals surface area contributed by atoms with Gasteiger partial charge >= 0.3 is 0 Å². The predicted octanol–water partition coefficient (Wildman–Crippen LogP) is 3.22. The van der Waals surface area contributed by atoms with Crippen LogP contribution in [0.15, 0.2) is 28.5 Å². The molecule has 0 radical (unpaired) electrons. The summed E-state index contributed by atoms with van der Waals surface area (Å²) in [5.74, 6) is 0.367. The third kappa shape index (κ3) is 3.85. The van der Waals surface area contributed by atoms with E-state index >= 15 is 0 Å². The summed E-state index contributed by atoms with van der Waals surface area (Å²) < 4.78 is 27.4. The van der Waals surface area contributed by atoms with Gasteiger partial charge in [0.15, 0.2) is 5.13 Å². The van der Waals surface area contributed by atoms with Gasteiger partial charge in [-0.25, -0.2) is 13.4 Å². The van der Waals surface area contributed by atoms with Crippen LogP contribution in [-0.4, -0.2) is 24.6 Å². The number of halogens is 1. The minimum atomic E-state index is -3.73. The van der Waals surface area contributed by atoms with Gasteiger partial charge in [0.05, 0.1) is 16.7 Å². The van der Waals surface area contributed by atoms with Gasteiger partial charge in [0.1, 0.15) is 0 Å². The lowest BCUT2D eigenvalue weighted by Gasteiger charge is -2.09. The zero-order valence-electron chi connectivity index (χ0n) is 12.5. The molecule has 5 nitrogen and oxygen atoms in total. The molecule has 1 atom stereocenters. The smallest absolute Gasteiger partial charge is 0.263 e. The van der Waals surface area contributed by atoms with Crippen molar-refractivity contribution in [1.82, 2.24) is 4.98 Å². The molecule has 1 aromatic heterocycles. The Morgan fingerprint density at radius 3 is 2.91 bits per heavy atom. The van der Waals surface area contributed by atoms with E-state index in [1.54, 1.807) is 24.4 Å². The number of aromatic nitrogens is 1. The molecule has 8 heteroatoms. The minimum Gasteiger partial charge on any atom is -0.392 e. The van der Waals surface area contributed by atoms with E-state index in [4.69, 9.17) is 11.6 Å². The van der Waals surface area contributed by atoms with Crippen molar-refractivity contribution in [2.75, 3.05) is 4.72 Å². The molecule has 1 saturated carbocycles. The highest BCUT2D eigenvalue weighted by Gasteiger charge is 2.30. The molecule has 0 aliphatic heterocycles. The van der Waals surface area contributed by atoms with E-state index < -0.39 is 16.1 Å². The average molecular weight is 373 g/mol. The lowest BCUT2D eigenvalue weighted by Crippen LogP contribution is -2.15. The Balaban J connectivity index is 1.75. The molecule has 23 heavy (non-hydrogen) atoms. The van der Waals surface area contributed by atoms with Crippen molar-refractivity contribution in [3.8, 4) is 0 Å². The minimum absolute atomic E-state index is 0.139. The van der Waals surface area contributed by atoms with Crippen molar-refractivity contribution in [2.45, 2.75) is 37.2 Å². The summed E-state index contributed by atoms with van der Waals surface area (Å²) in [6.07, 6.45) is 2.17. The van der Waals surface area contributed by atoms with Crippen molar-refractivity contribution in [1.29, 1.82) is 0 Å². The second-order valence-electron chi connectivity index (χ2n) is 5.72. The predicted molar refractivity (Wildman–Crippen MR) is 91.5 cm³/mol. The summed E-state index contributed by atoms with van der Waals surface area (Å²) in [4.78, 5) is 4.40. The fourth-order valence-corrected chi connectivity index (χ4v) is 4.83. The maximum atomic E-state index is 12.5. The van der Waals surface area contributed by atoms with E-state index in [2.05, 4.69) is 9.71 Å². The van der Waals surface area contributed by atoms with Crippen LogP contribution in [0.2, 0.25) is 5.02 Å². The number of hydrogen-bond acceptors (Lipinski definition) is 5. The number of thiazole rings is 1. The summed E-state index contributed by atoms with van der Waals surface area (Å²) >= 11 is 7.20. The highest BCUT2D eigenvalue weighted by atomic mass is 35.5. The van der Waals surface area contributed by atoms with Gasteiger partial charge in [0.25, 0.3) is 10.0 Å². The Labute approximate surface area is 144 Å². The maximum Gasteiger partial charge on any atom is 0.263 e. The fourth-order valence-electron chi connectivity index (χ4n) is 2.36. The second-order valence-corrected chi connectivity index (χ2v) is 8.64. The van der Waals surface area contributed by atoms with Crippen LogP contribution in [0.3, 0.4) is 0 Å². The van der Waals surface area contributed by atoms with Crippen molar-refractivity contribution in [3.05, 3.63) is 39.9 Å². The van der Waals surface area contributed by atoms with E-state index in [9.17, 15) is 13.5 Å². The van der Waals surface area contributed by atoms with Gasteiger partial charge in [0.2, 0.25) is 0 Å². The number of aliphatic hydroxyl groups excluding tert-OH is 1. The summed E-state index contributed by atoms with van der Waals surface area (Å²) in [5, 5.41) is 12.4. The van der Waals surface area contributed by atoms with E-state index in [1.807, 2.05) is 0 Å². The molecule has 2 N–H and O–H groups in total. The first-order valence-electron chi connectivity index (χ1n) is 7.27. The Hall–Kier alpha value is -1.15. The first kappa shape index (κ1) is 16.7. The Morgan fingerprint density at radius 1 is 1.48 bits per heavy atom. The third-order valence-electron chi connectivity index (χ3n) is 3.87. The van der Waals surface area contributed by atoms with Gasteiger partial charge in [-0.1, -0.05) is 17.7 Å². The zero-order chi connectivity index (χ0) is 16.6. The van der Waals surface area contributed by atoms with Gasteiger partial charge in [-0.3, -0.25) is 4.72 Å². The zero-order valence-corrected chi connectivity index (χ0v) is 14.9. The van der Waals surface area contributed by atoms with E-state index in [1.165, 1.54) is 17.4 Å². The maximum absolute atomic E-state index is 12.5. The number of sulfonamides is 1. The molecule has 0 saturated heterocycles. The molecule has 1 fully saturated rings. The number of rotatable bonds is 6. The summed E-state index contributed by atoms with van der Waals surface area (Å²) in [7, 11) is -3.73. The average Bonchev–Trinajstić information content (AvgIpc) is 3.25. The van der Waals surface area contributed by atoms with Crippen LogP contribution in [-0.2, 0) is 16.4 Å². The van der Waals surface area contributed by atoms with Crippen LogP contribution in [0.1, 0.15) is 24.1 Å². The van der Waals surface area contributed by atoms with Crippen LogP contribution in [0.25, 0.3) is 0 Å². The van der Waals surface area contributed by atoms with Gasteiger partial charge < -0.3 is 5.11 Å². The molecule has 1 heterocycles. The lowest BCUT2D eigenvalue weighted by molar-refractivity contribution is 0.151. The van der Waals surface area contributed by atoms with Gasteiger partial charge in [-0.05, 0) is 43.4 Å². The molecular weight excluding hydrogens is 356 g/mol. The number of hydrogen-bond donors (Lipinski definition) is 2. The van der Waals surface area contributed by atoms with Crippen molar-refractivity contribution in [2.24, 2.45) is 5.92 Å². The van der Waals surface area contributed by atoms with Gasteiger partial charge in [-0.15, -0.1) is 11.3 Å². The molecule has 0 bridgehead atoms. The van der Waals surface area contributed by atoms with E-state index in [0.29, 0.717) is 33.8 Å². The summed E-state index contributed by atoms with van der Waals surface area (Å²) in [5.41, 5.74) is 1.21. The van der Waals surface area contributed by atoms with Crippen LogP contribution in [0.5, 0.6) is 0 Å². The molecular formula is C15H17ClN2O3S2. The van der Waals surface area contributed by atoms with Crippen LogP contribution >= 0.6 is 22.9 Å². The number of nitrogens with one attached hydrogen (secondary N) is 1. The van der Waals surface area contributed by atoms with Gasteiger partial charge in [-0.2, -0.15) is 0 Å². The first-order chi connectivity index (χ1) is 10.9. The molecule has 2 aromatic rings. The summed E-state index contributed by atoms with van der Waals surface area (Å²) in [6, 6.07) is 4.76. The largest absolute Gasteiger partial charge is 0.392 e. The Morgan fingerprint density at radius 2 is 2.22 bits per heavy atom. The third-order valence-corrected chi connectivity index (χ3v) is 6.69. The number of anilines is 1. The monoisotopic (exact) mass is 372 g/mol. The standard InChI is InChI=1S/C15H17ClN2O3S2/c1-9-12(16)3-2-4-14(9)23(20,21)18-15-17-11(8-22-15)7-13(19)10-5-6-10/h2-4,8,10,13,19H,5-7H2,1H3,(H,17,18). The second kappa shape index (κ2) is 6.39. The summed E-state index contributed by atoms with van der Waals surface area (Å²) in [6.45, 7) is 1.66. The SMILES string of the molecule is Cc1c(Cl)cccc1S(=O)(=O)Nc1nc(CC(O)C2CC2)cs1. The van der Waals surface area contributed by atoms with Crippen molar-refractivity contribution < 1.29 is 13.5 Å². The highest BCUT2D eigenvalue weighted by Crippen LogP contribution is 2.34. The van der Waals surface area contributed by atoms with Crippen LogP contribution < -0.4 is 4.72 Å². The topological polar surface area (TPSA) is 79.3 Å². The molecule has 0 spiro atoms. The van der Waals surface area contributed by atoms with Crippen LogP contribution in [0.4, 0.5) is 5.13 Å². The van der Waals surface area contributed by atoms with E-state index in [0.717, 1.165) is 12.8 Å². The first-order valence-corrected chi connectivity index (χ1v) is 10.0. The molecule has 3 rings (SSSR count). The van der Waals surface area contributed by atoms with Gasteiger partial charge in [0, 0.05) is 16.8 Å². The van der Waals surface area contributed by atoms with Crippen LogP contribution in [0, 0.1) is 12.8 Å².